The van der Waals surface area contributed by atoms with E-state index in [2.05, 4.69) is 29.2 Å². The van der Waals surface area contributed by atoms with Crippen LogP contribution in [0.25, 0.3) is 0 Å². The average molecular weight is 480 g/mol. The monoisotopic (exact) mass is 479 g/mol. The van der Waals surface area contributed by atoms with Gasteiger partial charge in [-0.3, -0.25) is 4.79 Å². The summed E-state index contributed by atoms with van der Waals surface area (Å²) < 4.78 is 40.9. The highest BCUT2D eigenvalue weighted by molar-refractivity contribution is 7.89. The lowest BCUT2D eigenvalue weighted by Crippen LogP contribution is -2.50. The molecule has 2 aliphatic rings. The van der Waals surface area contributed by atoms with Crippen LogP contribution in [0.15, 0.2) is 77.7 Å². The van der Waals surface area contributed by atoms with Gasteiger partial charge in [-0.25, -0.2) is 12.8 Å². The maximum Gasteiger partial charge on any atom is 0.253 e. The molecule has 0 atom stereocenters. The van der Waals surface area contributed by atoms with Gasteiger partial charge in [-0.15, -0.1) is 0 Å². The normalized spacial score (nSPS) is 16.9. The van der Waals surface area contributed by atoms with E-state index in [0.717, 1.165) is 31.3 Å². The van der Waals surface area contributed by atoms with Crippen molar-refractivity contribution in [2.24, 2.45) is 0 Å². The van der Waals surface area contributed by atoms with Crippen molar-refractivity contribution in [2.45, 2.75) is 17.9 Å². The third-order valence-electron chi connectivity index (χ3n) is 6.59. The number of hydrogen-bond donors (Lipinski definition) is 0. The van der Waals surface area contributed by atoms with E-state index in [1.54, 1.807) is 4.90 Å². The summed E-state index contributed by atoms with van der Waals surface area (Å²) in [5, 5.41) is 0. The number of nitrogens with zero attached hydrogens (tertiary/aromatic N) is 3. The molecule has 3 aromatic carbocycles. The van der Waals surface area contributed by atoms with Gasteiger partial charge in [0.25, 0.3) is 5.91 Å². The van der Waals surface area contributed by atoms with Crippen LogP contribution in [0.5, 0.6) is 0 Å². The Morgan fingerprint density at radius 1 is 0.765 bits per heavy atom. The van der Waals surface area contributed by atoms with E-state index in [1.165, 1.54) is 33.6 Å². The molecular weight excluding hydrogens is 453 g/mol. The number of carbonyl (C=O) groups excluding carboxylic acids is 1. The number of rotatable bonds is 4. The van der Waals surface area contributed by atoms with Gasteiger partial charge in [-0.1, -0.05) is 36.4 Å². The molecule has 0 radical (unpaired) electrons. The third kappa shape index (κ3) is 4.31. The molecule has 0 aliphatic carbocycles. The van der Waals surface area contributed by atoms with Crippen LogP contribution in [0.3, 0.4) is 0 Å². The molecular formula is C26H26FN3O3S. The minimum atomic E-state index is -3.93. The Hall–Kier alpha value is -3.23. The molecule has 0 saturated carbocycles. The zero-order chi connectivity index (χ0) is 23.7. The second-order valence-electron chi connectivity index (χ2n) is 8.61. The summed E-state index contributed by atoms with van der Waals surface area (Å²) in [6.07, 6.45) is 0.997. The van der Waals surface area contributed by atoms with Crippen molar-refractivity contribution < 1.29 is 17.6 Å². The molecule has 8 heteroatoms. The average Bonchev–Trinajstić information content (AvgIpc) is 2.88. The maximum atomic E-state index is 14.0. The Labute approximate surface area is 199 Å². The second kappa shape index (κ2) is 9.19. The van der Waals surface area contributed by atoms with E-state index in [4.69, 9.17) is 0 Å². The first-order valence-electron chi connectivity index (χ1n) is 11.4. The van der Waals surface area contributed by atoms with Crippen molar-refractivity contribution in [1.82, 2.24) is 9.21 Å². The number of fused-ring (bicyclic) bond motifs is 1. The second-order valence-corrected chi connectivity index (χ2v) is 10.5. The highest BCUT2D eigenvalue weighted by Gasteiger charge is 2.32. The van der Waals surface area contributed by atoms with E-state index >= 15 is 0 Å². The topological polar surface area (TPSA) is 60.9 Å². The lowest BCUT2D eigenvalue weighted by molar-refractivity contribution is 0.0697. The number of hydrogen-bond acceptors (Lipinski definition) is 4. The van der Waals surface area contributed by atoms with Crippen molar-refractivity contribution in [3.05, 3.63) is 95.3 Å². The van der Waals surface area contributed by atoms with Crippen LogP contribution < -0.4 is 4.90 Å². The number of carbonyl (C=O) groups is 1. The molecule has 0 aromatic heterocycles. The van der Waals surface area contributed by atoms with Crippen molar-refractivity contribution in [3.63, 3.8) is 0 Å². The lowest BCUT2D eigenvalue weighted by atomic mass is 9.99. The number of amides is 1. The van der Waals surface area contributed by atoms with Crippen LogP contribution in [0, 0.1) is 5.82 Å². The van der Waals surface area contributed by atoms with Crippen molar-refractivity contribution in [1.29, 1.82) is 0 Å². The van der Waals surface area contributed by atoms with Gasteiger partial charge in [0, 0.05) is 50.5 Å². The largest absolute Gasteiger partial charge is 0.367 e. The van der Waals surface area contributed by atoms with E-state index in [-0.39, 0.29) is 37.0 Å². The van der Waals surface area contributed by atoms with Gasteiger partial charge in [0.15, 0.2) is 0 Å². The Kier molecular flexibility index (Phi) is 6.10. The summed E-state index contributed by atoms with van der Waals surface area (Å²) in [6.45, 7) is 2.57. The summed E-state index contributed by atoms with van der Waals surface area (Å²) in [7, 11) is -3.93. The first-order chi connectivity index (χ1) is 16.4. The standard InChI is InChI=1S/C26H26FN3O3S/c27-24-7-3-4-8-25(24)34(32,33)30-17-15-28(16-18-30)26(31)21-9-11-23(12-10-21)29-14-13-20-5-1-2-6-22(20)19-29/h1-12H,13-19H2. The molecule has 1 amide bonds. The summed E-state index contributed by atoms with van der Waals surface area (Å²) >= 11 is 0. The summed E-state index contributed by atoms with van der Waals surface area (Å²) in [6, 6.07) is 21.4. The fourth-order valence-corrected chi connectivity index (χ4v) is 6.13. The van der Waals surface area contributed by atoms with Gasteiger partial charge >= 0.3 is 0 Å². The quantitative estimate of drug-likeness (QED) is 0.575. The minimum Gasteiger partial charge on any atom is -0.367 e. The molecule has 176 valence electrons. The Balaban J connectivity index is 1.22. The maximum absolute atomic E-state index is 14.0. The fraction of sp³-hybridized carbons (Fsp3) is 0.269. The molecule has 0 unspecified atom stereocenters. The predicted octanol–water partition coefficient (Wildman–Crippen LogP) is 3.54. The number of halogens is 1. The van der Waals surface area contributed by atoms with Crippen LogP contribution in [-0.2, 0) is 23.0 Å². The van der Waals surface area contributed by atoms with E-state index in [0.29, 0.717) is 5.56 Å². The summed E-state index contributed by atoms with van der Waals surface area (Å²) in [5.41, 5.74) is 4.37. The molecule has 34 heavy (non-hydrogen) atoms. The molecule has 0 bridgehead atoms. The predicted molar refractivity (Wildman–Crippen MR) is 129 cm³/mol. The Morgan fingerprint density at radius 2 is 1.41 bits per heavy atom. The number of benzene rings is 3. The van der Waals surface area contributed by atoms with Crippen molar-refractivity contribution in [2.75, 3.05) is 37.6 Å². The van der Waals surface area contributed by atoms with Crippen molar-refractivity contribution in [3.8, 4) is 0 Å². The van der Waals surface area contributed by atoms with E-state index < -0.39 is 15.8 Å². The van der Waals surface area contributed by atoms with Crippen LogP contribution >= 0.6 is 0 Å². The van der Waals surface area contributed by atoms with Gasteiger partial charge in [-0.2, -0.15) is 4.31 Å². The molecule has 6 nitrogen and oxygen atoms in total. The molecule has 1 fully saturated rings. The highest BCUT2D eigenvalue weighted by Crippen LogP contribution is 2.25. The van der Waals surface area contributed by atoms with E-state index in [9.17, 15) is 17.6 Å². The van der Waals surface area contributed by atoms with Gasteiger partial charge in [0.2, 0.25) is 10.0 Å². The zero-order valence-corrected chi connectivity index (χ0v) is 19.5. The molecule has 2 aliphatic heterocycles. The molecule has 0 spiro atoms. The molecule has 3 aromatic rings. The van der Waals surface area contributed by atoms with E-state index in [1.807, 2.05) is 24.3 Å². The summed E-state index contributed by atoms with van der Waals surface area (Å²) in [5.74, 6) is -0.892. The number of anilines is 1. The molecule has 1 saturated heterocycles. The Morgan fingerprint density at radius 3 is 2.12 bits per heavy atom. The zero-order valence-electron chi connectivity index (χ0n) is 18.7. The molecule has 5 rings (SSSR count). The molecule has 0 N–H and O–H groups in total. The van der Waals surface area contributed by atoms with Crippen LogP contribution in [-0.4, -0.2) is 56.3 Å². The number of sulfonamides is 1. The van der Waals surface area contributed by atoms with Crippen molar-refractivity contribution >= 4 is 21.6 Å². The van der Waals surface area contributed by atoms with Gasteiger partial charge < -0.3 is 9.80 Å². The smallest absolute Gasteiger partial charge is 0.253 e. The SMILES string of the molecule is O=C(c1ccc(N2CCc3ccccc3C2)cc1)N1CCN(S(=O)(=O)c2ccccc2F)CC1. The Bertz CT molecular complexity index is 1300. The van der Waals surface area contributed by atoms with Crippen LogP contribution in [0.4, 0.5) is 10.1 Å². The minimum absolute atomic E-state index is 0.126. The summed E-state index contributed by atoms with van der Waals surface area (Å²) in [4.78, 5) is 16.6. The van der Waals surface area contributed by atoms with Gasteiger partial charge in [0.05, 0.1) is 0 Å². The number of piperazine rings is 1. The lowest BCUT2D eigenvalue weighted by Gasteiger charge is -2.34. The van der Waals surface area contributed by atoms with Gasteiger partial charge in [0.1, 0.15) is 10.7 Å². The first kappa shape index (κ1) is 22.6. The van der Waals surface area contributed by atoms with Crippen LogP contribution in [0.1, 0.15) is 21.5 Å². The van der Waals surface area contributed by atoms with Crippen LogP contribution in [0.2, 0.25) is 0 Å². The first-order valence-corrected chi connectivity index (χ1v) is 12.8. The highest BCUT2D eigenvalue weighted by atomic mass is 32.2. The third-order valence-corrected chi connectivity index (χ3v) is 8.52. The fourth-order valence-electron chi connectivity index (χ4n) is 4.64. The molecule has 2 heterocycles. The van der Waals surface area contributed by atoms with Gasteiger partial charge in [-0.05, 0) is 53.9 Å².